The first-order valence-electron chi connectivity index (χ1n) is 25.7. The zero-order valence-corrected chi connectivity index (χ0v) is 39.4. The van der Waals surface area contributed by atoms with Gasteiger partial charge in [0.05, 0.1) is 25.2 Å². The van der Waals surface area contributed by atoms with Crippen LogP contribution in [0.1, 0.15) is 265 Å². The van der Waals surface area contributed by atoms with Gasteiger partial charge < -0.3 is 20.3 Å². The van der Waals surface area contributed by atoms with Crippen molar-refractivity contribution in [2.75, 3.05) is 6.61 Å². The maximum atomic E-state index is 13.2. The van der Waals surface area contributed by atoms with Crippen molar-refractivity contribution in [3.05, 3.63) is 36.5 Å². The zero-order chi connectivity index (χ0) is 43.1. The number of unbranched alkanes of at least 4 members (excludes halogenated alkanes) is 30. The Balaban J connectivity index is 4.48. The Hall–Kier alpha value is -1.92. The molecule has 3 N–H and O–H groups in total. The third-order valence-electron chi connectivity index (χ3n) is 11.8. The Labute approximate surface area is 366 Å². The van der Waals surface area contributed by atoms with Crippen LogP contribution in [-0.4, -0.2) is 46.9 Å². The van der Waals surface area contributed by atoms with Gasteiger partial charge in [-0.05, 0) is 44.9 Å². The number of aliphatic hydroxyl groups is 2. The summed E-state index contributed by atoms with van der Waals surface area (Å²) in [6.07, 6.45) is 54.9. The van der Waals surface area contributed by atoms with E-state index in [1.54, 1.807) is 0 Å². The van der Waals surface area contributed by atoms with Gasteiger partial charge in [0.1, 0.15) is 6.10 Å². The van der Waals surface area contributed by atoms with Crippen molar-refractivity contribution >= 4 is 11.9 Å². The standard InChI is InChI=1S/C53H99NO5/c1-4-7-10-13-16-19-22-24-26-28-30-33-36-39-42-45-51(56)50(48-55)54-52(57)47-49(44-41-38-35-32-21-18-15-12-9-6-3)59-53(58)46-43-40-37-34-31-29-27-25-23-20-17-14-11-8-5-2/h8,11,14,17,20,23,49-51,55-56H,4-7,9-10,12-13,15-16,18-19,21-22,24-48H2,1-3H3,(H,54,57)/b11-8+,17-14+,23-20+. The first kappa shape index (κ1) is 57.1. The predicted octanol–water partition coefficient (Wildman–Crippen LogP) is 15.3. The molecule has 1 amide bonds. The van der Waals surface area contributed by atoms with Gasteiger partial charge in [-0.1, -0.05) is 243 Å². The molecule has 59 heavy (non-hydrogen) atoms. The van der Waals surface area contributed by atoms with Crippen molar-refractivity contribution < 1.29 is 24.5 Å². The predicted molar refractivity (Wildman–Crippen MR) is 255 cm³/mol. The molecule has 0 rings (SSSR count). The normalized spacial score (nSPS) is 13.5. The van der Waals surface area contributed by atoms with Crippen LogP contribution in [0.4, 0.5) is 0 Å². The molecule has 346 valence electrons. The van der Waals surface area contributed by atoms with E-state index in [0.29, 0.717) is 19.3 Å². The van der Waals surface area contributed by atoms with Gasteiger partial charge in [-0.3, -0.25) is 9.59 Å². The molecule has 0 aliphatic rings. The van der Waals surface area contributed by atoms with Gasteiger partial charge in [-0.15, -0.1) is 0 Å². The molecule has 0 aromatic carbocycles. The molecular formula is C53H99NO5. The molecule has 0 aromatic rings. The summed E-state index contributed by atoms with van der Waals surface area (Å²) in [4.78, 5) is 26.1. The maximum Gasteiger partial charge on any atom is 0.306 e. The van der Waals surface area contributed by atoms with Crippen molar-refractivity contribution in [1.82, 2.24) is 5.32 Å². The van der Waals surface area contributed by atoms with Crippen LogP contribution in [0.5, 0.6) is 0 Å². The number of carbonyl (C=O) groups excluding carboxylic acids is 2. The Morgan fingerprint density at radius 2 is 0.915 bits per heavy atom. The van der Waals surface area contributed by atoms with Crippen molar-refractivity contribution in [3.8, 4) is 0 Å². The van der Waals surface area contributed by atoms with Gasteiger partial charge >= 0.3 is 5.97 Å². The highest BCUT2D eigenvalue weighted by molar-refractivity contribution is 5.77. The number of carbonyl (C=O) groups is 2. The number of nitrogens with one attached hydrogen (secondary N) is 1. The lowest BCUT2D eigenvalue weighted by atomic mass is 10.0. The van der Waals surface area contributed by atoms with Crippen LogP contribution in [0.25, 0.3) is 0 Å². The largest absolute Gasteiger partial charge is 0.462 e. The lowest BCUT2D eigenvalue weighted by Gasteiger charge is -2.24. The minimum Gasteiger partial charge on any atom is -0.462 e. The number of rotatable bonds is 46. The molecule has 3 unspecified atom stereocenters. The minimum absolute atomic E-state index is 0.0761. The summed E-state index contributed by atoms with van der Waals surface area (Å²) in [5.41, 5.74) is 0. The Morgan fingerprint density at radius 3 is 1.37 bits per heavy atom. The second-order valence-corrected chi connectivity index (χ2v) is 17.6. The summed E-state index contributed by atoms with van der Waals surface area (Å²) < 4.78 is 5.92. The van der Waals surface area contributed by atoms with E-state index in [1.807, 2.05) is 0 Å². The van der Waals surface area contributed by atoms with E-state index in [9.17, 15) is 19.8 Å². The van der Waals surface area contributed by atoms with E-state index in [1.165, 1.54) is 161 Å². The van der Waals surface area contributed by atoms with Crippen molar-refractivity contribution in [1.29, 1.82) is 0 Å². The molecule has 0 fully saturated rings. The molecule has 0 aromatic heterocycles. The molecule has 0 aliphatic heterocycles. The molecule has 6 nitrogen and oxygen atoms in total. The summed E-state index contributed by atoms with van der Waals surface area (Å²) in [7, 11) is 0. The average Bonchev–Trinajstić information content (AvgIpc) is 3.23. The second kappa shape index (κ2) is 47.1. The molecule has 0 radical (unpaired) electrons. The molecule has 0 saturated heterocycles. The molecule has 0 bridgehead atoms. The van der Waals surface area contributed by atoms with Crippen LogP contribution in [0.2, 0.25) is 0 Å². The van der Waals surface area contributed by atoms with E-state index in [2.05, 4.69) is 62.5 Å². The van der Waals surface area contributed by atoms with Crippen molar-refractivity contribution in [2.24, 2.45) is 0 Å². The summed E-state index contributed by atoms with van der Waals surface area (Å²) in [6.45, 7) is 6.36. The summed E-state index contributed by atoms with van der Waals surface area (Å²) >= 11 is 0. The quantitative estimate of drug-likeness (QED) is 0.0323. The summed E-state index contributed by atoms with van der Waals surface area (Å²) in [5.74, 6) is -0.478. The minimum atomic E-state index is -0.786. The van der Waals surface area contributed by atoms with Crippen LogP contribution in [0.15, 0.2) is 36.5 Å². The summed E-state index contributed by atoms with van der Waals surface area (Å²) in [6, 6.07) is -0.700. The van der Waals surface area contributed by atoms with E-state index < -0.39 is 18.2 Å². The molecule has 0 heterocycles. The fourth-order valence-corrected chi connectivity index (χ4v) is 7.90. The van der Waals surface area contributed by atoms with Crippen LogP contribution in [-0.2, 0) is 14.3 Å². The van der Waals surface area contributed by atoms with Crippen molar-refractivity contribution in [2.45, 2.75) is 283 Å². The number of amides is 1. The molecular weight excluding hydrogens is 731 g/mol. The Kier molecular flexibility index (Phi) is 45.6. The number of ether oxygens (including phenoxy) is 1. The zero-order valence-electron chi connectivity index (χ0n) is 39.4. The topological polar surface area (TPSA) is 95.9 Å². The van der Waals surface area contributed by atoms with E-state index in [-0.39, 0.29) is 24.9 Å². The van der Waals surface area contributed by atoms with Gasteiger partial charge in [0.15, 0.2) is 0 Å². The first-order valence-corrected chi connectivity index (χ1v) is 25.7. The Bertz CT molecular complexity index is 977. The second-order valence-electron chi connectivity index (χ2n) is 17.6. The Morgan fingerprint density at radius 1 is 0.508 bits per heavy atom. The van der Waals surface area contributed by atoms with Crippen LogP contribution in [0, 0.1) is 0 Å². The molecule has 0 aliphatic carbocycles. The highest BCUT2D eigenvalue weighted by Gasteiger charge is 2.24. The van der Waals surface area contributed by atoms with Gasteiger partial charge in [0.25, 0.3) is 0 Å². The molecule has 6 heteroatoms. The lowest BCUT2D eigenvalue weighted by molar-refractivity contribution is -0.151. The summed E-state index contributed by atoms with van der Waals surface area (Å²) in [5, 5.41) is 23.8. The SMILES string of the molecule is CC/C=C/C=C/C=C/CCCCCCCCCC(=O)OC(CCCCCCCCCCCC)CC(=O)NC(CO)C(O)CCCCCCCCCCCCCCCCC. The number of hydrogen-bond acceptors (Lipinski definition) is 5. The fourth-order valence-electron chi connectivity index (χ4n) is 7.90. The highest BCUT2D eigenvalue weighted by atomic mass is 16.5. The first-order chi connectivity index (χ1) is 29.0. The van der Waals surface area contributed by atoms with Crippen LogP contribution >= 0.6 is 0 Å². The van der Waals surface area contributed by atoms with Crippen LogP contribution in [0.3, 0.4) is 0 Å². The van der Waals surface area contributed by atoms with Gasteiger partial charge in [0.2, 0.25) is 5.91 Å². The van der Waals surface area contributed by atoms with Gasteiger partial charge in [0, 0.05) is 6.42 Å². The van der Waals surface area contributed by atoms with Gasteiger partial charge in [-0.2, -0.15) is 0 Å². The van der Waals surface area contributed by atoms with E-state index in [4.69, 9.17) is 4.74 Å². The lowest BCUT2D eigenvalue weighted by Crippen LogP contribution is -2.46. The smallest absolute Gasteiger partial charge is 0.306 e. The molecule has 0 saturated carbocycles. The van der Waals surface area contributed by atoms with E-state index in [0.717, 1.165) is 57.8 Å². The number of allylic oxidation sites excluding steroid dienone is 6. The van der Waals surface area contributed by atoms with Gasteiger partial charge in [-0.25, -0.2) is 0 Å². The third-order valence-corrected chi connectivity index (χ3v) is 11.8. The number of esters is 1. The fraction of sp³-hybridized carbons (Fsp3) is 0.849. The van der Waals surface area contributed by atoms with E-state index >= 15 is 0 Å². The average molecular weight is 830 g/mol. The third kappa shape index (κ3) is 42.6. The number of hydrogen-bond donors (Lipinski definition) is 3. The monoisotopic (exact) mass is 830 g/mol. The number of aliphatic hydroxyl groups excluding tert-OH is 2. The molecule has 0 spiro atoms. The molecule has 3 atom stereocenters. The highest BCUT2D eigenvalue weighted by Crippen LogP contribution is 2.18. The maximum absolute atomic E-state index is 13.2. The van der Waals surface area contributed by atoms with Crippen LogP contribution < -0.4 is 5.32 Å². The van der Waals surface area contributed by atoms with Crippen molar-refractivity contribution in [3.63, 3.8) is 0 Å².